The number of aromatic nitrogens is 1. The summed E-state index contributed by atoms with van der Waals surface area (Å²) < 4.78 is 14.9. The molecule has 0 bridgehead atoms. The molecule has 0 N–H and O–H groups in total. The van der Waals surface area contributed by atoms with Crippen molar-refractivity contribution in [3.05, 3.63) is 63.3 Å². The van der Waals surface area contributed by atoms with Gasteiger partial charge in [0.2, 0.25) is 0 Å². The highest BCUT2D eigenvalue weighted by molar-refractivity contribution is 9.11. The number of para-hydroxylation sites is 1. The number of hydrogen-bond donors (Lipinski definition) is 0. The molecule has 0 aliphatic heterocycles. The quantitative estimate of drug-likeness (QED) is 0.503. The second-order valence-electron chi connectivity index (χ2n) is 4.11. The van der Waals surface area contributed by atoms with Crippen molar-refractivity contribution in [1.82, 2.24) is 4.98 Å². The summed E-state index contributed by atoms with van der Waals surface area (Å²) >= 11 is 6.73. The normalized spacial score (nSPS) is 10.9. The van der Waals surface area contributed by atoms with Crippen LogP contribution in [0.1, 0.15) is 0 Å². The molecule has 0 amide bonds. The van der Waals surface area contributed by atoms with E-state index in [1.165, 1.54) is 6.07 Å². The lowest BCUT2D eigenvalue weighted by atomic mass is 10.1. The lowest BCUT2D eigenvalue weighted by Crippen LogP contribution is -1.90. The number of benzene rings is 2. The van der Waals surface area contributed by atoms with Crippen molar-refractivity contribution in [2.45, 2.75) is 0 Å². The third-order valence-corrected chi connectivity index (χ3v) is 4.33. The van der Waals surface area contributed by atoms with Gasteiger partial charge in [-0.2, -0.15) is 0 Å². The lowest BCUT2D eigenvalue weighted by Gasteiger charge is -2.08. The van der Waals surface area contributed by atoms with Crippen LogP contribution in [-0.4, -0.2) is 4.98 Å². The molecule has 0 aliphatic rings. The minimum atomic E-state index is -0.298. The highest BCUT2D eigenvalue weighted by Crippen LogP contribution is 2.36. The summed E-state index contributed by atoms with van der Waals surface area (Å²) in [7, 11) is 0. The first-order valence-corrected chi connectivity index (χ1v) is 7.25. The summed E-state index contributed by atoms with van der Waals surface area (Å²) in [5.74, 6) is -0.298. The number of hydrogen-bond acceptors (Lipinski definition) is 1. The Hall–Kier alpha value is -1.26. The van der Waals surface area contributed by atoms with Crippen LogP contribution in [0, 0.1) is 5.82 Å². The standard InChI is InChI=1S/C15H8Br2FN/c16-10-6-7-11(18)15(17)14(10)13-8-5-9-3-1-2-4-12(9)19-13/h1-8H. The van der Waals surface area contributed by atoms with E-state index in [0.717, 1.165) is 26.6 Å². The molecule has 19 heavy (non-hydrogen) atoms. The Morgan fingerprint density at radius 3 is 2.53 bits per heavy atom. The van der Waals surface area contributed by atoms with E-state index in [1.54, 1.807) is 6.07 Å². The van der Waals surface area contributed by atoms with Crippen LogP contribution in [0.25, 0.3) is 22.2 Å². The Balaban J connectivity index is 2.27. The fourth-order valence-corrected chi connectivity index (χ4v) is 3.32. The van der Waals surface area contributed by atoms with Crippen LogP contribution in [0.15, 0.2) is 57.5 Å². The van der Waals surface area contributed by atoms with Gasteiger partial charge in [-0.05, 0) is 40.2 Å². The molecule has 0 aliphatic carbocycles. The van der Waals surface area contributed by atoms with E-state index >= 15 is 0 Å². The second-order valence-corrected chi connectivity index (χ2v) is 5.75. The van der Waals surface area contributed by atoms with E-state index in [2.05, 4.69) is 36.8 Å². The maximum Gasteiger partial charge on any atom is 0.138 e. The molecular weight excluding hydrogens is 373 g/mol. The molecule has 0 spiro atoms. The molecule has 94 valence electrons. The van der Waals surface area contributed by atoms with Gasteiger partial charge < -0.3 is 0 Å². The van der Waals surface area contributed by atoms with Gasteiger partial charge in [-0.15, -0.1) is 0 Å². The summed E-state index contributed by atoms with van der Waals surface area (Å²) in [4.78, 5) is 4.58. The Labute approximate surface area is 126 Å². The minimum absolute atomic E-state index is 0.298. The van der Waals surface area contributed by atoms with Crippen molar-refractivity contribution in [2.24, 2.45) is 0 Å². The molecule has 1 aromatic heterocycles. The average molecular weight is 381 g/mol. The Kier molecular flexibility index (Phi) is 3.37. The molecule has 0 radical (unpaired) electrons. The van der Waals surface area contributed by atoms with E-state index in [4.69, 9.17) is 0 Å². The van der Waals surface area contributed by atoms with Gasteiger partial charge in [-0.25, -0.2) is 9.37 Å². The maximum atomic E-state index is 13.7. The number of halogens is 3. The first-order chi connectivity index (χ1) is 9.16. The van der Waals surface area contributed by atoms with Gasteiger partial charge in [0.15, 0.2) is 0 Å². The Morgan fingerprint density at radius 1 is 0.895 bits per heavy atom. The molecule has 3 rings (SSSR count). The molecular formula is C15H8Br2FN. The van der Waals surface area contributed by atoms with E-state index in [0.29, 0.717) is 4.47 Å². The van der Waals surface area contributed by atoms with Gasteiger partial charge >= 0.3 is 0 Å². The zero-order valence-electron chi connectivity index (χ0n) is 9.70. The van der Waals surface area contributed by atoms with E-state index in [1.807, 2.05) is 36.4 Å². The van der Waals surface area contributed by atoms with Crippen LogP contribution in [-0.2, 0) is 0 Å². The summed E-state index contributed by atoms with van der Waals surface area (Å²) in [6, 6.07) is 14.8. The lowest BCUT2D eigenvalue weighted by molar-refractivity contribution is 0.621. The van der Waals surface area contributed by atoms with Gasteiger partial charge in [0, 0.05) is 15.4 Å². The van der Waals surface area contributed by atoms with E-state index in [9.17, 15) is 4.39 Å². The number of fused-ring (bicyclic) bond motifs is 1. The first kappa shape index (κ1) is 12.8. The number of nitrogens with zero attached hydrogens (tertiary/aromatic N) is 1. The molecule has 1 heterocycles. The molecule has 0 unspecified atom stereocenters. The van der Waals surface area contributed by atoms with Crippen LogP contribution < -0.4 is 0 Å². The molecule has 1 nitrogen and oxygen atoms in total. The number of pyridine rings is 1. The maximum absolute atomic E-state index is 13.7. The third kappa shape index (κ3) is 2.30. The van der Waals surface area contributed by atoms with Crippen LogP contribution in [0.5, 0.6) is 0 Å². The Bertz CT molecular complexity index is 771. The minimum Gasteiger partial charge on any atom is -0.248 e. The highest BCUT2D eigenvalue weighted by Gasteiger charge is 2.13. The van der Waals surface area contributed by atoms with Gasteiger partial charge in [-0.1, -0.05) is 40.2 Å². The smallest absolute Gasteiger partial charge is 0.138 e. The molecule has 3 aromatic rings. The van der Waals surface area contributed by atoms with Crippen molar-refractivity contribution in [3.63, 3.8) is 0 Å². The topological polar surface area (TPSA) is 12.9 Å². The fraction of sp³-hybridized carbons (Fsp3) is 0. The largest absolute Gasteiger partial charge is 0.248 e. The highest BCUT2D eigenvalue weighted by atomic mass is 79.9. The van der Waals surface area contributed by atoms with E-state index < -0.39 is 0 Å². The summed E-state index contributed by atoms with van der Waals surface area (Å²) in [5, 5.41) is 1.06. The molecule has 4 heteroatoms. The predicted molar refractivity (Wildman–Crippen MR) is 82.5 cm³/mol. The first-order valence-electron chi connectivity index (χ1n) is 5.66. The van der Waals surface area contributed by atoms with Crippen molar-refractivity contribution >= 4 is 42.8 Å². The Morgan fingerprint density at radius 2 is 1.68 bits per heavy atom. The molecule has 0 saturated carbocycles. The SMILES string of the molecule is Fc1ccc(Br)c(-c2ccc3ccccc3n2)c1Br. The summed E-state index contributed by atoms with van der Waals surface area (Å²) in [6.45, 7) is 0. The molecule has 0 atom stereocenters. The van der Waals surface area contributed by atoms with Gasteiger partial charge in [0.1, 0.15) is 5.82 Å². The monoisotopic (exact) mass is 379 g/mol. The molecule has 0 saturated heterocycles. The third-order valence-electron chi connectivity index (χ3n) is 2.90. The van der Waals surface area contributed by atoms with Crippen molar-refractivity contribution in [3.8, 4) is 11.3 Å². The fourth-order valence-electron chi connectivity index (χ4n) is 1.97. The van der Waals surface area contributed by atoms with Crippen LogP contribution in [0.3, 0.4) is 0 Å². The predicted octanol–water partition coefficient (Wildman–Crippen LogP) is 5.57. The number of rotatable bonds is 1. The zero-order chi connectivity index (χ0) is 13.4. The zero-order valence-corrected chi connectivity index (χ0v) is 12.9. The summed E-state index contributed by atoms with van der Waals surface area (Å²) in [5.41, 5.74) is 2.35. The van der Waals surface area contributed by atoms with Crippen molar-refractivity contribution in [1.29, 1.82) is 0 Å². The van der Waals surface area contributed by atoms with Gasteiger partial charge in [0.25, 0.3) is 0 Å². The average Bonchev–Trinajstić information content (AvgIpc) is 2.43. The molecule has 0 fully saturated rings. The van der Waals surface area contributed by atoms with Crippen LogP contribution >= 0.6 is 31.9 Å². The summed E-state index contributed by atoms with van der Waals surface area (Å²) in [6.07, 6.45) is 0. The van der Waals surface area contributed by atoms with Gasteiger partial charge in [0.05, 0.1) is 15.7 Å². The van der Waals surface area contributed by atoms with Crippen molar-refractivity contribution in [2.75, 3.05) is 0 Å². The molecule has 2 aromatic carbocycles. The van der Waals surface area contributed by atoms with Gasteiger partial charge in [-0.3, -0.25) is 0 Å². The van der Waals surface area contributed by atoms with Crippen molar-refractivity contribution < 1.29 is 4.39 Å². The van der Waals surface area contributed by atoms with Crippen LogP contribution in [0.4, 0.5) is 4.39 Å². The van der Waals surface area contributed by atoms with Crippen LogP contribution in [0.2, 0.25) is 0 Å². The second kappa shape index (κ2) is 5.02. The van der Waals surface area contributed by atoms with E-state index in [-0.39, 0.29) is 5.82 Å².